The van der Waals surface area contributed by atoms with Crippen LogP contribution in [0.5, 0.6) is 17.2 Å². The average Bonchev–Trinajstić information content (AvgIpc) is 3.09. The summed E-state index contributed by atoms with van der Waals surface area (Å²) in [6.45, 7) is 0. The van der Waals surface area contributed by atoms with E-state index in [-0.39, 0.29) is 22.1 Å². The molecule has 1 aliphatic rings. The lowest BCUT2D eigenvalue weighted by atomic mass is 9.95. The van der Waals surface area contributed by atoms with Gasteiger partial charge < -0.3 is 19.7 Å². The summed E-state index contributed by atoms with van der Waals surface area (Å²) in [4.78, 5) is 27.7. The van der Waals surface area contributed by atoms with Crippen LogP contribution in [-0.4, -0.2) is 36.1 Å². The molecule has 0 saturated carbocycles. The number of ketones is 1. The van der Waals surface area contributed by atoms with Gasteiger partial charge in [0.15, 0.2) is 0 Å². The number of phenols is 1. The number of nitrogens with zero attached hydrogens (tertiary/aromatic N) is 1. The van der Waals surface area contributed by atoms with Crippen LogP contribution in [0.25, 0.3) is 5.76 Å². The van der Waals surface area contributed by atoms with Gasteiger partial charge in [0.25, 0.3) is 11.7 Å². The minimum atomic E-state index is -0.967. The Labute approximate surface area is 208 Å². The van der Waals surface area contributed by atoms with Crippen LogP contribution in [0.4, 0.5) is 5.69 Å². The van der Waals surface area contributed by atoms with E-state index in [1.165, 1.54) is 37.3 Å². The molecule has 1 heterocycles. The van der Waals surface area contributed by atoms with Crippen molar-refractivity contribution in [1.82, 2.24) is 0 Å². The molecular formula is C25H19BrClNO6. The first-order valence-corrected chi connectivity index (χ1v) is 11.2. The van der Waals surface area contributed by atoms with Gasteiger partial charge in [0.05, 0.1) is 35.3 Å². The molecule has 4 rings (SSSR count). The summed E-state index contributed by atoms with van der Waals surface area (Å²) in [5.41, 5.74) is 1.08. The Morgan fingerprint density at radius 1 is 0.971 bits per heavy atom. The number of carbonyl (C=O) groups is 2. The fourth-order valence-corrected chi connectivity index (χ4v) is 4.64. The highest BCUT2D eigenvalue weighted by Crippen LogP contribution is 2.44. The number of ether oxygens (including phenoxy) is 2. The Hall–Kier alpha value is -3.49. The van der Waals surface area contributed by atoms with E-state index in [2.05, 4.69) is 15.9 Å². The molecule has 9 heteroatoms. The summed E-state index contributed by atoms with van der Waals surface area (Å²) < 4.78 is 11.0. The van der Waals surface area contributed by atoms with Crippen LogP contribution in [0, 0.1) is 0 Å². The van der Waals surface area contributed by atoms with E-state index in [0.717, 1.165) is 0 Å². The topological polar surface area (TPSA) is 96.3 Å². The van der Waals surface area contributed by atoms with Gasteiger partial charge in [-0.15, -0.1) is 0 Å². The van der Waals surface area contributed by atoms with E-state index in [1.54, 1.807) is 42.5 Å². The molecule has 0 aliphatic carbocycles. The van der Waals surface area contributed by atoms with Gasteiger partial charge >= 0.3 is 0 Å². The molecule has 3 aromatic carbocycles. The second-order valence-corrected chi connectivity index (χ2v) is 8.69. The smallest absolute Gasteiger partial charge is 0.300 e. The monoisotopic (exact) mass is 543 g/mol. The van der Waals surface area contributed by atoms with Gasteiger partial charge in [-0.2, -0.15) is 0 Å². The number of anilines is 1. The standard InChI is InChI=1S/C25H19BrClNO6/c1-33-19-9-5-14(11-17(19)26)23(30)21-22(13-3-7-16(29)8-4-13)28(25(32)24(21)31)15-6-10-20(34-2)18(27)12-15/h3-12,22,29-30H,1-2H3/b23-21+. The van der Waals surface area contributed by atoms with Crippen molar-refractivity contribution in [2.75, 3.05) is 19.1 Å². The third-order valence-electron chi connectivity index (χ3n) is 5.49. The van der Waals surface area contributed by atoms with Crippen molar-refractivity contribution >= 4 is 50.7 Å². The molecule has 0 aromatic heterocycles. The van der Waals surface area contributed by atoms with Gasteiger partial charge in [-0.05, 0) is 70.0 Å². The Morgan fingerprint density at radius 3 is 2.21 bits per heavy atom. The second kappa shape index (κ2) is 9.40. The molecule has 1 aliphatic heterocycles. The van der Waals surface area contributed by atoms with Crippen LogP contribution in [-0.2, 0) is 9.59 Å². The number of aliphatic hydroxyl groups excluding tert-OH is 1. The molecule has 1 amide bonds. The Kier molecular flexibility index (Phi) is 6.54. The van der Waals surface area contributed by atoms with E-state index >= 15 is 0 Å². The maximum Gasteiger partial charge on any atom is 0.300 e. The molecular weight excluding hydrogens is 526 g/mol. The SMILES string of the molecule is COc1ccc(N2C(=O)C(=O)/C(=C(/O)c3ccc(OC)c(Br)c3)C2c2ccc(O)cc2)cc1Cl. The number of Topliss-reactive ketones (excluding diaryl/α,β-unsaturated/α-hetero) is 1. The number of halogens is 2. The van der Waals surface area contributed by atoms with E-state index in [4.69, 9.17) is 21.1 Å². The molecule has 7 nitrogen and oxygen atoms in total. The largest absolute Gasteiger partial charge is 0.508 e. The van der Waals surface area contributed by atoms with E-state index < -0.39 is 17.7 Å². The first-order chi connectivity index (χ1) is 16.3. The highest BCUT2D eigenvalue weighted by Gasteiger charge is 2.47. The van der Waals surface area contributed by atoms with Gasteiger partial charge in [0, 0.05) is 11.3 Å². The fraction of sp³-hybridized carbons (Fsp3) is 0.120. The maximum atomic E-state index is 13.2. The molecule has 34 heavy (non-hydrogen) atoms. The highest BCUT2D eigenvalue weighted by molar-refractivity contribution is 9.10. The van der Waals surface area contributed by atoms with E-state index in [0.29, 0.717) is 32.8 Å². The zero-order valence-corrected chi connectivity index (χ0v) is 20.4. The minimum Gasteiger partial charge on any atom is -0.508 e. The van der Waals surface area contributed by atoms with Crippen molar-refractivity contribution in [3.8, 4) is 17.2 Å². The van der Waals surface area contributed by atoms with Crippen molar-refractivity contribution in [3.63, 3.8) is 0 Å². The number of hydrogen-bond acceptors (Lipinski definition) is 6. The first kappa shape index (κ1) is 23.7. The quantitative estimate of drug-likeness (QED) is 0.252. The molecule has 1 saturated heterocycles. The number of methoxy groups -OCH3 is 2. The number of benzene rings is 3. The van der Waals surface area contributed by atoms with Crippen LogP contribution >= 0.6 is 27.5 Å². The zero-order chi connectivity index (χ0) is 24.6. The predicted molar refractivity (Wildman–Crippen MR) is 132 cm³/mol. The van der Waals surface area contributed by atoms with Gasteiger partial charge in [-0.1, -0.05) is 23.7 Å². The van der Waals surface area contributed by atoms with E-state index in [1.807, 2.05) is 0 Å². The fourth-order valence-electron chi connectivity index (χ4n) is 3.85. The lowest BCUT2D eigenvalue weighted by Gasteiger charge is -2.26. The molecule has 1 unspecified atom stereocenters. The van der Waals surface area contributed by atoms with Crippen LogP contribution < -0.4 is 14.4 Å². The van der Waals surface area contributed by atoms with Gasteiger partial charge in [-0.25, -0.2) is 0 Å². The number of aliphatic hydroxyl groups is 1. The van der Waals surface area contributed by atoms with Crippen molar-refractivity contribution in [2.45, 2.75) is 6.04 Å². The van der Waals surface area contributed by atoms with Crippen LogP contribution in [0.15, 0.2) is 70.7 Å². The number of aromatic hydroxyl groups is 1. The second-order valence-electron chi connectivity index (χ2n) is 7.43. The Morgan fingerprint density at radius 2 is 1.62 bits per heavy atom. The molecule has 0 spiro atoms. The summed E-state index contributed by atoms with van der Waals surface area (Å²) in [6.07, 6.45) is 0. The lowest BCUT2D eigenvalue weighted by Crippen LogP contribution is -2.29. The summed E-state index contributed by atoms with van der Waals surface area (Å²) in [5, 5.41) is 21.2. The summed E-state index contributed by atoms with van der Waals surface area (Å²) in [6, 6.07) is 14.6. The van der Waals surface area contributed by atoms with Gasteiger partial charge in [0.1, 0.15) is 23.0 Å². The van der Waals surface area contributed by atoms with Crippen LogP contribution in [0.3, 0.4) is 0 Å². The molecule has 0 radical (unpaired) electrons. The van der Waals surface area contributed by atoms with E-state index in [9.17, 15) is 19.8 Å². The summed E-state index contributed by atoms with van der Waals surface area (Å²) in [5.74, 6) is -1.05. The Balaban J connectivity index is 1.93. The third-order valence-corrected chi connectivity index (χ3v) is 6.41. The average molecular weight is 545 g/mol. The van der Waals surface area contributed by atoms with Crippen molar-refractivity contribution < 1.29 is 29.3 Å². The molecule has 1 atom stereocenters. The van der Waals surface area contributed by atoms with Crippen molar-refractivity contribution in [1.29, 1.82) is 0 Å². The first-order valence-electron chi connectivity index (χ1n) is 10.0. The maximum absolute atomic E-state index is 13.2. The predicted octanol–water partition coefficient (Wildman–Crippen LogP) is 5.45. The Bertz CT molecular complexity index is 1320. The number of amides is 1. The van der Waals surface area contributed by atoms with Crippen molar-refractivity contribution in [2.24, 2.45) is 0 Å². The molecule has 0 bridgehead atoms. The molecule has 174 valence electrons. The zero-order valence-electron chi connectivity index (χ0n) is 18.1. The van der Waals surface area contributed by atoms with Crippen molar-refractivity contribution in [3.05, 3.63) is 86.9 Å². The van der Waals surface area contributed by atoms with Crippen LogP contribution in [0.2, 0.25) is 5.02 Å². The van der Waals surface area contributed by atoms with Gasteiger partial charge in [-0.3, -0.25) is 14.5 Å². The number of rotatable bonds is 5. The lowest BCUT2D eigenvalue weighted by molar-refractivity contribution is -0.132. The third kappa shape index (κ3) is 4.10. The molecule has 1 fully saturated rings. The summed E-state index contributed by atoms with van der Waals surface area (Å²) >= 11 is 9.66. The minimum absolute atomic E-state index is 0.0206. The summed E-state index contributed by atoms with van der Waals surface area (Å²) in [7, 11) is 2.98. The van der Waals surface area contributed by atoms with Crippen LogP contribution in [0.1, 0.15) is 17.2 Å². The number of phenolic OH excluding ortho intramolecular Hbond substituents is 1. The number of hydrogen-bond donors (Lipinski definition) is 2. The molecule has 3 aromatic rings. The van der Waals surface area contributed by atoms with Gasteiger partial charge in [0.2, 0.25) is 0 Å². The number of carbonyl (C=O) groups excluding carboxylic acids is 2. The normalized spacial score (nSPS) is 17.2. The highest BCUT2D eigenvalue weighted by atomic mass is 79.9. The molecule has 2 N–H and O–H groups in total.